The number of nitrogens with one attached hydrogen (secondary N) is 2. The van der Waals surface area contributed by atoms with Gasteiger partial charge < -0.3 is 15.4 Å². The summed E-state index contributed by atoms with van der Waals surface area (Å²) in [5.41, 5.74) is 1.11. The largest absolute Gasteiger partial charge is 0.419 e. The van der Waals surface area contributed by atoms with E-state index in [9.17, 15) is 9.59 Å². The Balaban J connectivity index is 2.08. The third kappa shape index (κ3) is 6.21. The lowest BCUT2D eigenvalue weighted by Crippen LogP contribution is -2.34. The van der Waals surface area contributed by atoms with Crippen LogP contribution in [0.5, 0.6) is 5.75 Å². The Hall–Kier alpha value is -3.79. The van der Waals surface area contributed by atoms with Crippen molar-refractivity contribution in [3.8, 4) is 11.8 Å². The number of hydrogen-bond acceptors (Lipinski definition) is 4. The fraction of sp³-hybridized carbons (Fsp3) is 0.150. The number of carbonyl (C=O) groups excluding carboxylic acids is 2. The molecule has 138 valence electrons. The zero-order valence-corrected chi connectivity index (χ0v) is 14.7. The van der Waals surface area contributed by atoms with Crippen LogP contribution in [0, 0.1) is 11.3 Å². The predicted molar refractivity (Wildman–Crippen MR) is 104 cm³/mol. The number of rotatable bonds is 7. The molecule has 0 aliphatic carbocycles. The van der Waals surface area contributed by atoms with Crippen LogP contribution in [-0.2, 0) is 0 Å². The van der Waals surface area contributed by atoms with Crippen LogP contribution in [0.25, 0.3) is 0 Å². The second kappa shape index (κ2) is 10.3. The monoisotopic (exact) mass is 364 g/mol. The molecule has 0 bridgehead atoms. The molecule has 0 aromatic heterocycles. The molecule has 0 fully saturated rings. The van der Waals surface area contributed by atoms with Crippen LogP contribution in [0.15, 0.2) is 67.3 Å². The molecule has 2 aromatic rings. The first kappa shape index (κ1) is 19.5. The van der Waals surface area contributed by atoms with Crippen molar-refractivity contribution in [2.75, 3.05) is 23.3 Å². The number of urea groups is 1. The Morgan fingerprint density at radius 2 is 1.96 bits per heavy atom. The number of ether oxygens (including phenoxy) is 1. The molecule has 2 N–H and O–H groups in total. The number of anilines is 2. The first-order valence-electron chi connectivity index (χ1n) is 8.31. The molecule has 0 heterocycles. The van der Waals surface area contributed by atoms with Gasteiger partial charge in [-0.05, 0) is 24.3 Å². The zero-order chi connectivity index (χ0) is 19.5. The normalized spacial score (nSPS) is 9.59. The number of amides is 3. The molecule has 0 spiro atoms. The number of nitriles is 1. The quantitative estimate of drug-likeness (QED) is 0.728. The van der Waals surface area contributed by atoms with E-state index in [2.05, 4.69) is 17.2 Å². The molecule has 27 heavy (non-hydrogen) atoms. The van der Waals surface area contributed by atoms with Crippen LogP contribution in [0.2, 0.25) is 0 Å². The van der Waals surface area contributed by atoms with Gasteiger partial charge in [0, 0.05) is 30.5 Å². The van der Waals surface area contributed by atoms with Crippen LogP contribution in [0.4, 0.5) is 21.0 Å². The van der Waals surface area contributed by atoms with Gasteiger partial charge in [0.25, 0.3) is 0 Å². The minimum absolute atomic E-state index is 0.176. The van der Waals surface area contributed by atoms with E-state index in [0.717, 1.165) is 0 Å². The van der Waals surface area contributed by atoms with E-state index in [1.54, 1.807) is 54.6 Å². The summed E-state index contributed by atoms with van der Waals surface area (Å²) in [7, 11) is 0. The van der Waals surface area contributed by atoms with E-state index < -0.39 is 12.1 Å². The maximum absolute atomic E-state index is 12.6. The second-order valence-electron chi connectivity index (χ2n) is 5.41. The van der Waals surface area contributed by atoms with E-state index in [-0.39, 0.29) is 18.7 Å². The summed E-state index contributed by atoms with van der Waals surface area (Å²) in [4.78, 5) is 25.7. The van der Waals surface area contributed by atoms with Gasteiger partial charge in [-0.1, -0.05) is 30.3 Å². The Morgan fingerprint density at radius 1 is 1.19 bits per heavy atom. The van der Waals surface area contributed by atoms with Crippen LogP contribution in [0.3, 0.4) is 0 Å². The Kier molecular flexibility index (Phi) is 7.42. The number of carbonyl (C=O) groups is 2. The fourth-order valence-corrected chi connectivity index (χ4v) is 2.23. The summed E-state index contributed by atoms with van der Waals surface area (Å²) in [6, 6.07) is 17.1. The smallest absolute Gasteiger partial charge is 0.410 e. The average molecular weight is 364 g/mol. The fourth-order valence-electron chi connectivity index (χ4n) is 2.23. The molecular weight excluding hydrogens is 344 g/mol. The van der Waals surface area contributed by atoms with E-state index >= 15 is 0 Å². The van der Waals surface area contributed by atoms with Crippen molar-refractivity contribution in [3.05, 3.63) is 67.3 Å². The Morgan fingerprint density at radius 3 is 2.67 bits per heavy atom. The van der Waals surface area contributed by atoms with E-state index in [4.69, 9.17) is 10.00 Å². The van der Waals surface area contributed by atoms with Gasteiger partial charge in [-0.3, -0.25) is 4.90 Å². The highest BCUT2D eigenvalue weighted by Gasteiger charge is 2.18. The number of nitrogens with zero attached hydrogens (tertiary/aromatic N) is 2. The molecule has 7 heteroatoms. The van der Waals surface area contributed by atoms with Gasteiger partial charge in [-0.15, -0.1) is 6.58 Å². The van der Waals surface area contributed by atoms with Gasteiger partial charge in [-0.25, -0.2) is 9.59 Å². The predicted octanol–water partition coefficient (Wildman–Crippen LogP) is 3.91. The molecule has 0 saturated heterocycles. The molecule has 0 unspecified atom stereocenters. The summed E-state index contributed by atoms with van der Waals surface area (Å²) < 4.78 is 5.42. The summed E-state index contributed by atoms with van der Waals surface area (Å²) in [5, 5.41) is 14.1. The molecule has 0 saturated carbocycles. The van der Waals surface area contributed by atoms with Crippen LogP contribution >= 0.6 is 0 Å². The summed E-state index contributed by atoms with van der Waals surface area (Å²) in [5.74, 6) is 0.277. The van der Waals surface area contributed by atoms with Crippen molar-refractivity contribution < 1.29 is 14.3 Å². The van der Waals surface area contributed by atoms with Gasteiger partial charge in [0.05, 0.1) is 12.5 Å². The van der Waals surface area contributed by atoms with Crippen molar-refractivity contribution >= 4 is 23.5 Å². The Labute approximate surface area is 157 Å². The van der Waals surface area contributed by atoms with Gasteiger partial charge in [0.15, 0.2) is 0 Å². The summed E-state index contributed by atoms with van der Waals surface area (Å²) in [6.07, 6.45) is 1.14. The number of benzene rings is 2. The maximum Gasteiger partial charge on any atom is 0.419 e. The minimum Gasteiger partial charge on any atom is -0.410 e. The molecule has 2 aromatic carbocycles. The molecule has 3 amide bonds. The van der Waals surface area contributed by atoms with Crippen molar-refractivity contribution in [2.24, 2.45) is 0 Å². The second-order valence-corrected chi connectivity index (χ2v) is 5.41. The molecular formula is C20H20N4O3. The van der Waals surface area contributed by atoms with Crippen molar-refractivity contribution in [3.63, 3.8) is 0 Å². The van der Waals surface area contributed by atoms with E-state index in [0.29, 0.717) is 17.9 Å². The average Bonchev–Trinajstić information content (AvgIpc) is 2.68. The van der Waals surface area contributed by atoms with E-state index in [1.165, 1.54) is 4.90 Å². The number of para-hydroxylation sites is 1. The highest BCUT2D eigenvalue weighted by molar-refractivity contribution is 5.91. The third-order valence-corrected chi connectivity index (χ3v) is 3.44. The molecule has 0 radical (unpaired) electrons. The third-order valence-electron chi connectivity index (χ3n) is 3.44. The highest BCUT2D eigenvalue weighted by Crippen LogP contribution is 2.20. The molecule has 0 aliphatic heterocycles. The number of hydrogen-bond donors (Lipinski definition) is 2. The SMILES string of the molecule is C=CCNC(=O)Nc1cccc(OC(=O)N(CCC#N)c2ccccc2)c1. The van der Waals surface area contributed by atoms with Gasteiger partial charge in [0.2, 0.25) is 0 Å². The summed E-state index contributed by atoms with van der Waals surface area (Å²) in [6.45, 7) is 4.07. The lowest BCUT2D eigenvalue weighted by Gasteiger charge is -2.21. The van der Waals surface area contributed by atoms with Crippen molar-refractivity contribution in [1.82, 2.24) is 5.32 Å². The molecule has 2 rings (SSSR count). The standard InChI is InChI=1S/C20H20N4O3/c1-2-13-22-19(25)23-16-8-6-11-18(15-16)27-20(26)24(14-7-12-21)17-9-4-3-5-10-17/h2-6,8-11,15H,1,7,13-14H2,(H2,22,23,25). The minimum atomic E-state index is -0.607. The molecule has 7 nitrogen and oxygen atoms in total. The highest BCUT2D eigenvalue weighted by atomic mass is 16.6. The lowest BCUT2D eigenvalue weighted by atomic mass is 10.3. The molecule has 0 atom stereocenters. The zero-order valence-electron chi connectivity index (χ0n) is 14.7. The van der Waals surface area contributed by atoms with Crippen LogP contribution in [0.1, 0.15) is 6.42 Å². The van der Waals surface area contributed by atoms with Gasteiger partial charge in [0.1, 0.15) is 5.75 Å². The van der Waals surface area contributed by atoms with Crippen molar-refractivity contribution in [2.45, 2.75) is 6.42 Å². The first-order valence-corrected chi connectivity index (χ1v) is 8.31. The van der Waals surface area contributed by atoms with Gasteiger partial charge >= 0.3 is 12.1 Å². The summed E-state index contributed by atoms with van der Waals surface area (Å²) >= 11 is 0. The maximum atomic E-state index is 12.6. The topological polar surface area (TPSA) is 94.5 Å². The van der Waals surface area contributed by atoms with Crippen molar-refractivity contribution in [1.29, 1.82) is 5.26 Å². The van der Waals surface area contributed by atoms with E-state index in [1.807, 2.05) is 12.1 Å². The van der Waals surface area contributed by atoms with Crippen LogP contribution in [-0.4, -0.2) is 25.2 Å². The lowest BCUT2D eigenvalue weighted by molar-refractivity contribution is 0.207. The first-order chi connectivity index (χ1) is 13.1. The molecule has 0 aliphatic rings. The Bertz CT molecular complexity index is 831. The van der Waals surface area contributed by atoms with Crippen LogP contribution < -0.4 is 20.3 Å². The van der Waals surface area contributed by atoms with Gasteiger partial charge in [-0.2, -0.15) is 5.26 Å².